The number of carbonyl (C=O) groups is 1. The molecule has 0 aliphatic rings. The van der Waals surface area contributed by atoms with E-state index in [0.29, 0.717) is 11.6 Å². The lowest BCUT2D eigenvalue weighted by Gasteiger charge is -2.11. The highest BCUT2D eigenvalue weighted by atomic mass is 16.1. The second-order valence-electron chi connectivity index (χ2n) is 6.12. The molecule has 0 aliphatic heterocycles. The third-order valence-corrected chi connectivity index (χ3v) is 3.79. The summed E-state index contributed by atoms with van der Waals surface area (Å²) in [6, 6.07) is 7.69. The van der Waals surface area contributed by atoms with Gasteiger partial charge in [-0.25, -0.2) is 9.97 Å². The van der Waals surface area contributed by atoms with E-state index in [2.05, 4.69) is 27.5 Å². The molecule has 0 unspecified atom stereocenters. The highest BCUT2D eigenvalue weighted by Gasteiger charge is 2.12. The zero-order chi connectivity index (χ0) is 17.5. The van der Waals surface area contributed by atoms with E-state index in [1.54, 1.807) is 6.07 Å². The normalized spacial score (nSPS) is 10.5. The Labute approximate surface area is 143 Å². The summed E-state index contributed by atoms with van der Waals surface area (Å²) in [4.78, 5) is 21.2. The van der Waals surface area contributed by atoms with Crippen LogP contribution in [0.5, 0.6) is 0 Å². The van der Waals surface area contributed by atoms with Crippen molar-refractivity contribution in [3.05, 3.63) is 46.8 Å². The molecule has 0 fully saturated rings. The zero-order valence-corrected chi connectivity index (χ0v) is 14.9. The zero-order valence-electron chi connectivity index (χ0n) is 14.9. The Morgan fingerprint density at radius 3 is 2.62 bits per heavy atom. The van der Waals surface area contributed by atoms with Crippen molar-refractivity contribution >= 4 is 17.5 Å². The first-order chi connectivity index (χ1) is 11.5. The van der Waals surface area contributed by atoms with Gasteiger partial charge in [-0.2, -0.15) is 0 Å². The number of benzene rings is 1. The standard InChI is InChI=1S/C19H26N4O/c1-5-6-7-10-20-19-21-15(4)12-17(23-19)18(24)22-16-11-13(2)8-9-14(16)3/h8-9,11-12H,5-7,10H2,1-4H3,(H,22,24)(H,20,21,23). The van der Waals surface area contributed by atoms with Crippen LogP contribution in [-0.2, 0) is 0 Å². The van der Waals surface area contributed by atoms with Crippen LogP contribution in [-0.4, -0.2) is 22.4 Å². The molecule has 5 heteroatoms. The number of hydrogen-bond acceptors (Lipinski definition) is 4. The summed E-state index contributed by atoms with van der Waals surface area (Å²) in [5.41, 5.74) is 4.09. The van der Waals surface area contributed by atoms with Gasteiger partial charge in [0, 0.05) is 17.9 Å². The Hall–Kier alpha value is -2.43. The molecule has 1 aromatic carbocycles. The molecule has 128 valence electrons. The molecule has 0 radical (unpaired) electrons. The van der Waals surface area contributed by atoms with Crippen molar-refractivity contribution in [2.45, 2.75) is 47.0 Å². The smallest absolute Gasteiger partial charge is 0.274 e. The van der Waals surface area contributed by atoms with Gasteiger partial charge >= 0.3 is 0 Å². The van der Waals surface area contributed by atoms with Crippen LogP contribution in [0, 0.1) is 20.8 Å². The maximum Gasteiger partial charge on any atom is 0.274 e. The number of nitrogens with one attached hydrogen (secondary N) is 2. The third-order valence-electron chi connectivity index (χ3n) is 3.79. The molecule has 2 rings (SSSR count). The van der Waals surface area contributed by atoms with E-state index in [4.69, 9.17) is 0 Å². The number of hydrogen-bond donors (Lipinski definition) is 2. The van der Waals surface area contributed by atoms with Crippen LogP contribution in [0.4, 0.5) is 11.6 Å². The van der Waals surface area contributed by atoms with Gasteiger partial charge < -0.3 is 10.6 Å². The van der Waals surface area contributed by atoms with Gasteiger partial charge in [0.05, 0.1) is 0 Å². The summed E-state index contributed by atoms with van der Waals surface area (Å²) < 4.78 is 0. The molecule has 1 aromatic heterocycles. The fraction of sp³-hybridized carbons (Fsp3) is 0.421. The summed E-state index contributed by atoms with van der Waals surface area (Å²) in [7, 11) is 0. The summed E-state index contributed by atoms with van der Waals surface area (Å²) in [5.74, 6) is 0.294. The summed E-state index contributed by atoms with van der Waals surface area (Å²) >= 11 is 0. The lowest BCUT2D eigenvalue weighted by Crippen LogP contribution is -2.17. The second-order valence-corrected chi connectivity index (χ2v) is 6.12. The predicted molar refractivity (Wildman–Crippen MR) is 98.7 cm³/mol. The van der Waals surface area contributed by atoms with Crippen molar-refractivity contribution < 1.29 is 4.79 Å². The van der Waals surface area contributed by atoms with Gasteiger partial charge in [-0.05, 0) is 50.5 Å². The molecule has 1 heterocycles. The third kappa shape index (κ3) is 5.05. The Bertz CT molecular complexity index is 713. The molecule has 2 N–H and O–H groups in total. The molecular formula is C19H26N4O. The minimum Gasteiger partial charge on any atom is -0.354 e. The lowest BCUT2D eigenvalue weighted by molar-refractivity contribution is 0.102. The fourth-order valence-electron chi connectivity index (χ4n) is 2.40. The second kappa shape index (κ2) is 8.43. The van der Waals surface area contributed by atoms with Crippen molar-refractivity contribution in [1.82, 2.24) is 9.97 Å². The first-order valence-electron chi connectivity index (χ1n) is 8.47. The lowest BCUT2D eigenvalue weighted by atomic mass is 10.1. The topological polar surface area (TPSA) is 66.9 Å². The maximum atomic E-state index is 12.5. The summed E-state index contributed by atoms with van der Waals surface area (Å²) in [5, 5.41) is 6.14. The van der Waals surface area contributed by atoms with Gasteiger partial charge in [0.25, 0.3) is 5.91 Å². The number of aromatic nitrogens is 2. The average Bonchev–Trinajstić information content (AvgIpc) is 2.54. The molecule has 0 saturated carbocycles. The molecule has 0 aliphatic carbocycles. The Morgan fingerprint density at radius 2 is 1.88 bits per heavy atom. The van der Waals surface area contributed by atoms with Crippen LogP contribution in [0.2, 0.25) is 0 Å². The molecule has 2 aromatic rings. The van der Waals surface area contributed by atoms with Gasteiger partial charge in [0.1, 0.15) is 5.69 Å². The van der Waals surface area contributed by atoms with E-state index < -0.39 is 0 Å². The predicted octanol–water partition coefficient (Wildman–Crippen LogP) is 4.26. The Balaban J connectivity index is 2.11. The van der Waals surface area contributed by atoms with Gasteiger partial charge in [-0.1, -0.05) is 31.9 Å². The fourth-order valence-corrected chi connectivity index (χ4v) is 2.40. The molecule has 24 heavy (non-hydrogen) atoms. The molecule has 5 nitrogen and oxygen atoms in total. The van der Waals surface area contributed by atoms with Crippen LogP contribution < -0.4 is 10.6 Å². The first-order valence-corrected chi connectivity index (χ1v) is 8.47. The number of anilines is 2. The molecule has 0 spiro atoms. The first kappa shape index (κ1) is 17.9. The van der Waals surface area contributed by atoms with Gasteiger partial charge in [-0.15, -0.1) is 0 Å². The van der Waals surface area contributed by atoms with E-state index in [9.17, 15) is 4.79 Å². The number of aryl methyl sites for hydroxylation is 3. The minimum absolute atomic E-state index is 0.217. The van der Waals surface area contributed by atoms with Crippen molar-refractivity contribution in [3.8, 4) is 0 Å². The molecule has 1 amide bonds. The molecular weight excluding hydrogens is 300 g/mol. The van der Waals surface area contributed by atoms with E-state index in [0.717, 1.165) is 35.5 Å². The quantitative estimate of drug-likeness (QED) is 0.746. The summed E-state index contributed by atoms with van der Waals surface area (Å²) in [6.45, 7) is 8.82. The SMILES string of the molecule is CCCCCNc1nc(C)cc(C(=O)Nc2cc(C)ccc2C)n1. The van der Waals surface area contributed by atoms with Crippen LogP contribution in [0.3, 0.4) is 0 Å². The van der Waals surface area contributed by atoms with Gasteiger partial charge in [0.15, 0.2) is 0 Å². The van der Waals surface area contributed by atoms with E-state index in [-0.39, 0.29) is 5.91 Å². The Kier molecular flexibility index (Phi) is 6.29. The van der Waals surface area contributed by atoms with Crippen molar-refractivity contribution in [1.29, 1.82) is 0 Å². The minimum atomic E-state index is -0.217. The van der Waals surface area contributed by atoms with Gasteiger partial charge in [-0.3, -0.25) is 4.79 Å². The number of nitrogens with zero attached hydrogens (tertiary/aromatic N) is 2. The molecule has 0 bridgehead atoms. The van der Waals surface area contributed by atoms with Crippen molar-refractivity contribution in [2.75, 3.05) is 17.2 Å². The highest BCUT2D eigenvalue weighted by molar-refractivity contribution is 6.03. The number of unbranched alkanes of at least 4 members (excludes halogenated alkanes) is 2. The van der Waals surface area contributed by atoms with Crippen LogP contribution >= 0.6 is 0 Å². The van der Waals surface area contributed by atoms with E-state index in [1.807, 2.05) is 39.0 Å². The molecule has 0 saturated heterocycles. The van der Waals surface area contributed by atoms with Crippen LogP contribution in [0.25, 0.3) is 0 Å². The maximum absolute atomic E-state index is 12.5. The Morgan fingerprint density at radius 1 is 1.08 bits per heavy atom. The number of amides is 1. The average molecular weight is 326 g/mol. The monoisotopic (exact) mass is 326 g/mol. The van der Waals surface area contributed by atoms with Gasteiger partial charge in [0.2, 0.25) is 5.95 Å². The van der Waals surface area contributed by atoms with Crippen molar-refractivity contribution in [2.24, 2.45) is 0 Å². The number of rotatable bonds is 7. The van der Waals surface area contributed by atoms with E-state index in [1.165, 1.54) is 12.8 Å². The summed E-state index contributed by atoms with van der Waals surface area (Å²) in [6.07, 6.45) is 3.40. The van der Waals surface area contributed by atoms with Crippen LogP contribution in [0.1, 0.15) is 53.5 Å². The van der Waals surface area contributed by atoms with Crippen LogP contribution in [0.15, 0.2) is 24.3 Å². The largest absolute Gasteiger partial charge is 0.354 e. The highest BCUT2D eigenvalue weighted by Crippen LogP contribution is 2.17. The number of carbonyl (C=O) groups excluding carboxylic acids is 1. The van der Waals surface area contributed by atoms with Crippen molar-refractivity contribution in [3.63, 3.8) is 0 Å². The van der Waals surface area contributed by atoms with E-state index >= 15 is 0 Å². The molecule has 0 atom stereocenters.